The normalized spacial score (nSPS) is 22.0. The Hall–Kier alpha value is -2.82. The Bertz CT molecular complexity index is 928. The van der Waals surface area contributed by atoms with Crippen molar-refractivity contribution in [2.45, 2.75) is 31.7 Å². The van der Waals surface area contributed by atoms with Crippen LogP contribution in [0, 0.1) is 0 Å². The summed E-state index contributed by atoms with van der Waals surface area (Å²) in [6.07, 6.45) is 2.13. The van der Waals surface area contributed by atoms with Crippen LogP contribution in [0.5, 0.6) is 5.75 Å². The highest BCUT2D eigenvalue weighted by Gasteiger charge is 2.44. The van der Waals surface area contributed by atoms with Gasteiger partial charge in [-0.2, -0.15) is 0 Å². The number of nitrogens with one attached hydrogen (secondary N) is 1. The zero-order valence-corrected chi connectivity index (χ0v) is 18.8. The number of nitrogens with zero attached hydrogens (tertiary/aromatic N) is 3. The summed E-state index contributed by atoms with van der Waals surface area (Å²) in [5.74, 6) is -1.52. The van der Waals surface area contributed by atoms with Crippen molar-refractivity contribution in [1.29, 1.82) is 0 Å². The number of imide groups is 2. The number of hydrogen-bond donors (Lipinski definition) is 2. The summed E-state index contributed by atoms with van der Waals surface area (Å²) in [6, 6.07) is 3.85. The summed E-state index contributed by atoms with van der Waals surface area (Å²) in [5, 5.41) is 2.20. The molecular formula is C23H31N5O5. The monoisotopic (exact) mass is 457 g/mol. The van der Waals surface area contributed by atoms with E-state index in [1.807, 2.05) is 0 Å². The number of benzene rings is 1. The molecule has 10 heteroatoms. The fourth-order valence-corrected chi connectivity index (χ4v) is 4.57. The van der Waals surface area contributed by atoms with Gasteiger partial charge in [0.2, 0.25) is 11.8 Å². The third-order valence-corrected chi connectivity index (χ3v) is 6.44. The van der Waals surface area contributed by atoms with E-state index in [0.717, 1.165) is 63.6 Å². The van der Waals surface area contributed by atoms with Crippen molar-refractivity contribution in [3.8, 4) is 5.75 Å². The fraction of sp³-hybridized carbons (Fsp3) is 0.565. The lowest BCUT2D eigenvalue weighted by molar-refractivity contribution is -0.136. The summed E-state index contributed by atoms with van der Waals surface area (Å²) >= 11 is 0. The van der Waals surface area contributed by atoms with Crippen LogP contribution in [-0.4, -0.2) is 96.8 Å². The first-order valence-corrected chi connectivity index (χ1v) is 11.6. The van der Waals surface area contributed by atoms with Crippen molar-refractivity contribution in [2.75, 3.05) is 52.4 Å². The lowest BCUT2D eigenvalue weighted by atomic mass is 10.0. The molecule has 2 fully saturated rings. The van der Waals surface area contributed by atoms with E-state index >= 15 is 0 Å². The van der Waals surface area contributed by atoms with E-state index in [2.05, 4.69) is 15.1 Å². The fourth-order valence-electron chi connectivity index (χ4n) is 4.57. The van der Waals surface area contributed by atoms with E-state index in [0.29, 0.717) is 12.4 Å². The molecule has 1 aromatic rings. The van der Waals surface area contributed by atoms with Crippen LogP contribution in [0.1, 0.15) is 46.4 Å². The highest BCUT2D eigenvalue weighted by molar-refractivity contribution is 6.23. The molecule has 4 amide bonds. The number of hydrogen-bond acceptors (Lipinski definition) is 8. The molecule has 0 radical (unpaired) electrons. The molecule has 178 valence electrons. The zero-order chi connectivity index (χ0) is 23.4. The van der Waals surface area contributed by atoms with E-state index in [-0.39, 0.29) is 24.0 Å². The lowest BCUT2D eigenvalue weighted by Crippen LogP contribution is -2.54. The van der Waals surface area contributed by atoms with Crippen LogP contribution in [0.4, 0.5) is 0 Å². The first kappa shape index (κ1) is 23.3. The molecule has 0 bridgehead atoms. The second-order valence-corrected chi connectivity index (χ2v) is 8.68. The van der Waals surface area contributed by atoms with Crippen molar-refractivity contribution in [2.24, 2.45) is 5.73 Å². The van der Waals surface area contributed by atoms with Gasteiger partial charge in [0, 0.05) is 39.1 Å². The molecule has 3 N–H and O–H groups in total. The van der Waals surface area contributed by atoms with Gasteiger partial charge in [-0.25, -0.2) is 0 Å². The van der Waals surface area contributed by atoms with E-state index < -0.39 is 29.7 Å². The van der Waals surface area contributed by atoms with Gasteiger partial charge >= 0.3 is 0 Å². The highest BCUT2D eigenvalue weighted by Crippen LogP contribution is 2.30. The summed E-state index contributed by atoms with van der Waals surface area (Å²) in [7, 11) is 0. The van der Waals surface area contributed by atoms with Crippen LogP contribution < -0.4 is 15.8 Å². The van der Waals surface area contributed by atoms with Gasteiger partial charge in [0.25, 0.3) is 11.8 Å². The summed E-state index contributed by atoms with van der Waals surface area (Å²) < 4.78 is 5.84. The Kier molecular flexibility index (Phi) is 7.36. The van der Waals surface area contributed by atoms with Gasteiger partial charge in [0.15, 0.2) is 0 Å². The van der Waals surface area contributed by atoms with E-state index in [9.17, 15) is 19.2 Å². The first-order chi connectivity index (χ1) is 16.0. The van der Waals surface area contributed by atoms with Crippen LogP contribution >= 0.6 is 0 Å². The van der Waals surface area contributed by atoms with Crippen LogP contribution in [0.3, 0.4) is 0 Å². The average Bonchev–Trinajstić information content (AvgIpc) is 3.06. The van der Waals surface area contributed by atoms with E-state index in [1.54, 1.807) is 18.2 Å². The SMILES string of the molecule is NCCCN1CCN(CCCOc2ccc3c(c2)C(=O)N(C2CCC(=O)NC2=O)C3=O)CC1. The minimum atomic E-state index is -0.963. The molecule has 33 heavy (non-hydrogen) atoms. The van der Waals surface area contributed by atoms with Crippen molar-refractivity contribution < 1.29 is 23.9 Å². The number of ether oxygens (including phenoxy) is 1. The molecule has 1 unspecified atom stereocenters. The van der Waals surface area contributed by atoms with Crippen LogP contribution in [0.15, 0.2) is 18.2 Å². The molecule has 4 rings (SSSR count). The number of amides is 4. The summed E-state index contributed by atoms with van der Waals surface area (Å²) in [4.78, 5) is 55.0. The van der Waals surface area contributed by atoms with Gasteiger partial charge in [0.1, 0.15) is 11.8 Å². The minimum absolute atomic E-state index is 0.0981. The number of piperidine rings is 1. The smallest absolute Gasteiger partial charge is 0.262 e. The molecule has 3 heterocycles. The van der Waals surface area contributed by atoms with E-state index in [1.165, 1.54) is 0 Å². The zero-order valence-electron chi connectivity index (χ0n) is 18.8. The predicted molar refractivity (Wildman–Crippen MR) is 120 cm³/mol. The maximum Gasteiger partial charge on any atom is 0.262 e. The standard InChI is InChI=1S/C23H31N5O5/c24-7-1-8-26-10-12-27(13-11-26)9-2-14-33-16-3-4-17-18(15-16)23(32)28(22(17)31)19-5-6-20(29)25-21(19)30/h3-4,15,19H,1-2,5-14,24H2,(H,25,29,30). The molecule has 0 aromatic heterocycles. The highest BCUT2D eigenvalue weighted by atomic mass is 16.5. The Morgan fingerprint density at radius 1 is 0.939 bits per heavy atom. The maximum atomic E-state index is 12.9. The van der Waals surface area contributed by atoms with Crippen molar-refractivity contribution in [1.82, 2.24) is 20.0 Å². The van der Waals surface area contributed by atoms with Gasteiger partial charge in [-0.15, -0.1) is 0 Å². The Labute approximate surface area is 193 Å². The molecule has 0 spiro atoms. The first-order valence-electron chi connectivity index (χ1n) is 11.6. The number of rotatable bonds is 9. The Morgan fingerprint density at radius 3 is 2.27 bits per heavy atom. The number of fused-ring (bicyclic) bond motifs is 1. The van der Waals surface area contributed by atoms with Gasteiger partial charge in [-0.05, 0) is 50.6 Å². The molecule has 3 aliphatic rings. The number of piperazine rings is 1. The molecule has 0 saturated carbocycles. The molecular weight excluding hydrogens is 426 g/mol. The second-order valence-electron chi connectivity index (χ2n) is 8.68. The Balaban J connectivity index is 1.26. The molecule has 3 aliphatic heterocycles. The summed E-state index contributed by atoms with van der Waals surface area (Å²) in [5.41, 5.74) is 6.07. The third kappa shape index (κ3) is 5.23. The van der Waals surface area contributed by atoms with Crippen molar-refractivity contribution in [3.05, 3.63) is 29.3 Å². The number of nitrogens with two attached hydrogens (primary N) is 1. The molecule has 2 saturated heterocycles. The van der Waals surface area contributed by atoms with Crippen LogP contribution in [-0.2, 0) is 9.59 Å². The molecule has 1 aromatic carbocycles. The number of carbonyl (C=O) groups is 4. The van der Waals surface area contributed by atoms with Gasteiger partial charge in [-0.3, -0.25) is 29.4 Å². The minimum Gasteiger partial charge on any atom is -0.494 e. The summed E-state index contributed by atoms with van der Waals surface area (Å²) in [6.45, 7) is 7.44. The third-order valence-electron chi connectivity index (χ3n) is 6.44. The lowest BCUT2D eigenvalue weighted by Gasteiger charge is -2.34. The topological polar surface area (TPSA) is 125 Å². The second kappa shape index (κ2) is 10.4. The largest absolute Gasteiger partial charge is 0.494 e. The Morgan fingerprint density at radius 2 is 1.61 bits per heavy atom. The molecule has 10 nitrogen and oxygen atoms in total. The van der Waals surface area contributed by atoms with Crippen LogP contribution in [0.25, 0.3) is 0 Å². The van der Waals surface area contributed by atoms with Crippen molar-refractivity contribution in [3.63, 3.8) is 0 Å². The van der Waals surface area contributed by atoms with Gasteiger partial charge in [-0.1, -0.05) is 0 Å². The predicted octanol–water partition coefficient (Wildman–Crippen LogP) is -0.177. The van der Waals surface area contributed by atoms with Gasteiger partial charge in [0.05, 0.1) is 17.7 Å². The molecule has 1 atom stereocenters. The van der Waals surface area contributed by atoms with Crippen molar-refractivity contribution >= 4 is 23.6 Å². The number of carbonyl (C=O) groups excluding carboxylic acids is 4. The van der Waals surface area contributed by atoms with E-state index in [4.69, 9.17) is 10.5 Å². The average molecular weight is 458 g/mol. The van der Waals surface area contributed by atoms with Gasteiger partial charge < -0.3 is 20.3 Å². The quantitative estimate of drug-likeness (QED) is 0.387. The molecule has 0 aliphatic carbocycles. The maximum absolute atomic E-state index is 12.9. The van der Waals surface area contributed by atoms with Crippen LogP contribution in [0.2, 0.25) is 0 Å².